The molecule has 0 bridgehead atoms. The molecule has 1 heterocycles. The molecule has 0 aliphatic rings. The summed E-state index contributed by atoms with van der Waals surface area (Å²) < 4.78 is 13.7. The van der Waals surface area contributed by atoms with Gasteiger partial charge in [0.05, 0.1) is 5.54 Å². The number of carbonyl (C=O) groups excluding carboxylic acids is 1. The Bertz CT molecular complexity index is 611. The minimum absolute atomic E-state index is 0.291. The van der Waals surface area contributed by atoms with Gasteiger partial charge in [0.15, 0.2) is 0 Å². The number of halogens is 1. The highest BCUT2D eigenvalue weighted by molar-refractivity contribution is 7.09. The van der Waals surface area contributed by atoms with Crippen molar-refractivity contribution in [1.29, 1.82) is 0 Å². The second-order valence-electron chi connectivity index (χ2n) is 4.99. The maximum atomic E-state index is 13.7. The number of primary amides is 1. The summed E-state index contributed by atoms with van der Waals surface area (Å²) >= 11 is 1.54. The Kier molecular flexibility index (Phi) is 4.15. The number of nitrogens with two attached hydrogens (primary N) is 1. The van der Waals surface area contributed by atoms with E-state index in [9.17, 15) is 9.18 Å². The molecule has 0 atom stereocenters. The van der Waals surface area contributed by atoms with E-state index in [1.54, 1.807) is 6.20 Å². The molecular formula is C14H16FN3OS. The van der Waals surface area contributed by atoms with Gasteiger partial charge in [-0.05, 0) is 32.0 Å². The number of benzene rings is 1. The fourth-order valence-electron chi connectivity index (χ4n) is 1.79. The third-order valence-corrected chi connectivity index (χ3v) is 4.11. The van der Waals surface area contributed by atoms with Crippen LogP contribution in [-0.4, -0.2) is 10.9 Å². The van der Waals surface area contributed by atoms with Gasteiger partial charge in [0, 0.05) is 29.2 Å². The molecule has 3 N–H and O–H groups in total. The van der Waals surface area contributed by atoms with E-state index in [0.717, 1.165) is 5.01 Å². The number of amides is 1. The lowest BCUT2D eigenvalue weighted by molar-refractivity contribution is 0.1000. The van der Waals surface area contributed by atoms with E-state index in [0.29, 0.717) is 17.7 Å². The van der Waals surface area contributed by atoms with Gasteiger partial charge >= 0.3 is 0 Å². The molecule has 20 heavy (non-hydrogen) atoms. The standard InChI is InChI=1S/C14H16FN3OS/c1-14(2,13-17-5-6-20-13)18-8-10-7-9(12(16)19)3-4-11(10)15/h3-7,18H,8H2,1-2H3,(H2,16,19). The Balaban J connectivity index is 2.15. The SMILES string of the molecule is CC(C)(NCc1cc(C(N)=O)ccc1F)c1nccs1. The zero-order chi connectivity index (χ0) is 14.8. The number of nitrogens with zero attached hydrogens (tertiary/aromatic N) is 1. The van der Waals surface area contributed by atoms with Crippen molar-refractivity contribution in [2.75, 3.05) is 0 Å². The first-order chi connectivity index (χ1) is 9.40. The molecule has 1 amide bonds. The number of aromatic nitrogens is 1. The molecule has 0 fully saturated rings. The molecular weight excluding hydrogens is 277 g/mol. The normalized spacial score (nSPS) is 11.6. The molecule has 2 rings (SSSR count). The second kappa shape index (κ2) is 5.68. The number of carbonyl (C=O) groups is 1. The van der Waals surface area contributed by atoms with E-state index < -0.39 is 5.91 Å². The molecule has 2 aromatic rings. The van der Waals surface area contributed by atoms with Crippen LogP contribution in [0.4, 0.5) is 4.39 Å². The fraction of sp³-hybridized carbons (Fsp3) is 0.286. The van der Waals surface area contributed by atoms with E-state index in [2.05, 4.69) is 10.3 Å². The van der Waals surface area contributed by atoms with Crippen LogP contribution in [0.2, 0.25) is 0 Å². The fourth-order valence-corrected chi connectivity index (χ4v) is 2.53. The van der Waals surface area contributed by atoms with E-state index in [1.807, 2.05) is 19.2 Å². The number of hydrogen-bond acceptors (Lipinski definition) is 4. The second-order valence-corrected chi connectivity index (χ2v) is 5.88. The van der Waals surface area contributed by atoms with Crippen molar-refractivity contribution >= 4 is 17.2 Å². The topological polar surface area (TPSA) is 68.0 Å². The average Bonchev–Trinajstić information content (AvgIpc) is 2.92. The first-order valence-corrected chi connectivity index (χ1v) is 7.01. The van der Waals surface area contributed by atoms with E-state index in [1.165, 1.54) is 29.5 Å². The van der Waals surface area contributed by atoms with Crippen molar-refractivity contribution in [1.82, 2.24) is 10.3 Å². The zero-order valence-corrected chi connectivity index (χ0v) is 12.1. The molecule has 0 aliphatic carbocycles. The smallest absolute Gasteiger partial charge is 0.248 e. The van der Waals surface area contributed by atoms with Crippen LogP contribution >= 0.6 is 11.3 Å². The summed E-state index contributed by atoms with van der Waals surface area (Å²) in [6.45, 7) is 4.24. The molecule has 0 saturated heterocycles. The van der Waals surface area contributed by atoms with Crippen molar-refractivity contribution in [2.24, 2.45) is 5.73 Å². The highest BCUT2D eigenvalue weighted by atomic mass is 32.1. The monoisotopic (exact) mass is 293 g/mol. The molecule has 106 valence electrons. The van der Waals surface area contributed by atoms with E-state index in [-0.39, 0.29) is 11.4 Å². The Hall–Kier alpha value is -1.79. The number of thiazole rings is 1. The summed E-state index contributed by atoms with van der Waals surface area (Å²) in [6.07, 6.45) is 1.73. The van der Waals surface area contributed by atoms with Crippen molar-refractivity contribution in [3.8, 4) is 0 Å². The van der Waals surface area contributed by atoms with Gasteiger partial charge in [0.1, 0.15) is 10.8 Å². The van der Waals surface area contributed by atoms with Crippen LogP contribution in [0.5, 0.6) is 0 Å². The van der Waals surface area contributed by atoms with Crippen LogP contribution in [-0.2, 0) is 12.1 Å². The predicted octanol–water partition coefficient (Wildman–Crippen LogP) is 2.41. The Labute approximate surface area is 120 Å². The van der Waals surface area contributed by atoms with Crippen LogP contribution < -0.4 is 11.1 Å². The number of rotatable bonds is 5. The van der Waals surface area contributed by atoms with Crippen molar-refractivity contribution in [2.45, 2.75) is 25.9 Å². The van der Waals surface area contributed by atoms with Gasteiger partial charge in [-0.25, -0.2) is 9.37 Å². The lowest BCUT2D eigenvalue weighted by Gasteiger charge is -2.24. The first-order valence-electron chi connectivity index (χ1n) is 6.13. The molecule has 0 saturated carbocycles. The Morgan fingerprint density at radius 1 is 1.50 bits per heavy atom. The minimum Gasteiger partial charge on any atom is -0.366 e. The lowest BCUT2D eigenvalue weighted by Crippen LogP contribution is -2.36. The lowest BCUT2D eigenvalue weighted by atomic mass is 10.0. The van der Waals surface area contributed by atoms with Crippen LogP contribution in [0.15, 0.2) is 29.8 Å². The van der Waals surface area contributed by atoms with Crippen LogP contribution in [0.3, 0.4) is 0 Å². The summed E-state index contributed by atoms with van der Waals surface area (Å²) in [5.74, 6) is -0.928. The van der Waals surface area contributed by atoms with Gasteiger partial charge in [0.25, 0.3) is 0 Å². The molecule has 6 heteroatoms. The zero-order valence-electron chi connectivity index (χ0n) is 11.3. The largest absolute Gasteiger partial charge is 0.366 e. The Morgan fingerprint density at radius 3 is 2.85 bits per heavy atom. The van der Waals surface area contributed by atoms with Crippen LogP contribution in [0, 0.1) is 5.82 Å². The summed E-state index contributed by atoms with van der Waals surface area (Å²) in [7, 11) is 0. The number of hydrogen-bond donors (Lipinski definition) is 2. The van der Waals surface area contributed by atoms with Crippen LogP contribution in [0.25, 0.3) is 0 Å². The molecule has 1 aromatic carbocycles. The van der Waals surface area contributed by atoms with E-state index in [4.69, 9.17) is 5.73 Å². The summed E-state index contributed by atoms with van der Waals surface area (Å²) in [5.41, 5.74) is 5.54. The van der Waals surface area contributed by atoms with Gasteiger partial charge in [-0.1, -0.05) is 0 Å². The Morgan fingerprint density at radius 2 is 2.25 bits per heavy atom. The average molecular weight is 293 g/mol. The van der Waals surface area contributed by atoms with Crippen molar-refractivity contribution in [3.05, 3.63) is 51.7 Å². The third-order valence-electron chi connectivity index (χ3n) is 3.02. The van der Waals surface area contributed by atoms with Crippen molar-refractivity contribution in [3.63, 3.8) is 0 Å². The maximum absolute atomic E-state index is 13.7. The van der Waals surface area contributed by atoms with Crippen LogP contribution in [0.1, 0.15) is 34.8 Å². The summed E-state index contributed by atoms with van der Waals surface area (Å²) in [6, 6.07) is 4.11. The maximum Gasteiger partial charge on any atom is 0.248 e. The highest BCUT2D eigenvalue weighted by Crippen LogP contribution is 2.23. The molecule has 0 spiro atoms. The van der Waals surface area contributed by atoms with Gasteiger partial charge in [-0.2, -0.15) is 0 Å². The first kappa shape index (κ1) is 14.6. The quantitative estimate of drug-likeness (QED) is 0.889. The predicted molar refractivity (Wildman–Crippen MR) is 76.9 cm³/mol. The van der Waals surface area contributed by atoms with Gasteiger partial charge in [0.2, 0.25) is 5.91 Å². The molecule has 0 unspecified atom stereocenters. The number of nitrogens with one attached hydrogen (secondary N) is 1. The third kappa shape index (κ3) is 3.20. The van der Waals surface area contributed by atoms with E-state index >= 15 is 0 Å². The van der Waals surface area contributed by atoms with Crippen molar-refractivity contribution < 1.29 is 9.18 Å². The summed E-state index contributed by atoms with van der Waals surface area (Å²) in [4.78, 5) is 15.4. The molecule has 0 radical (unpaired) electrons. The summed E-state index contributed by atoms with van der Waals surface area (Å²) in [5, 5.41) is 6.06. The highest BCUT2D eigenvalue weighted by Gasteiger charge is 2.23. The van der Waals surface area contributed by atoms with Gasteiger partial charge in [-0.3, -0.25) is 4.79 Å². The van der Waals surface area contributed by atoms with Gasteiger partial charge in [-0.15, -0.1) is 11.3 Å². The minimum atomic E-state index is -0.564. The molecule has 1 aromatic heterocycles. The molecule has 4 nitrogen and oxygen atoms in total. The van der Waals surface area contributed by atoms with Gasteiger partial charge < -0.3 is 11.1 Å². The molecule has 0 aliphatic heterocycles.